The molecule has 0 aliphatic heterocycles. The van der Waals surface area contributed by atoms with Gasteiger partial charge in [0.2, 0.25) is 0 Å². The standard InChI is InChI=1S/C25H34O6Si/c1-25(2,3)32(20-13-7-5-8-14-20,21-15-9-6-10-16-21)30-18-12-11-17-22(24(28)29-4)31-23(27)19-26/h5-10,13-16,22,26H,11-12,17-19H2,1-4H3/t22-/m0/s1. The van der Waals surface area contributed by atoms with Crippen molar-refractivity contribution < 1.29 is 28.6 Å². The zero-order valence-electron chi connectivity index (χ0n) is 19.4. The number of aliphatic hydroxyl groups excluding tert-OH is 1. The summed E-state index contributed by atoms with van der Waals surface area (Å²) in [6.45, 7) is 6.40. The monoisotopic (exact) mass is 458 g/mol. The molecule has 6 nitrogen and oxygen atoms in total. The molecule has 0 fully saturated rings. The van der Waals surface area contributed by atoms with Crippen LogP contribution in [0.25, 0.3) is 0 Å². The molecule has 0 aromatic heterocycles. The first-order chi connectivity index (χ1) is 15.3. The zero-order valence-corrected chi connectivity index (χ0v) is 20.4. The Morgan fingerprint density at radius 1 is 0.938 bits per heavy atom. The molecule has 1 atom stereocenters. The van der Waals surface area contributed by atoms with Crippen molar-refractivity contribution in [1.29, 1.82) is 0 Å². The average molecular weight is 459 g/mol. The van der Waals surface area contributed by atoms with Gasteiger partial charge in [0.15, 0.2) is 6.10 Å². The maximum Gasteiger partial charge on any atom is 0.347 e. The molecular formula is C25H34O6Si. The van der Waals surface area contributed by atoms with Crippen LogP contribution in [0.4, 0.5) is 0 Å². The normalized spacial score (nSPS) is 12.8. The SMILES string of the molecule is COC(=O)[C@H](CCCCO[Si](c1ccccc1)(c1ccccc1)C(C)(C)C)OC(=O)CO. The van der Waals surface area contributed by atoms with E-state index < -0.39 is 33.0 Å². The number of carbonyl (C=O) groups excluding carboxylic acids is 2. The molecular weight excluding hydrogens is 424 g/mol. The van der Waals surface area contributed by atoms with Gasteiger partial charge in [0, 0.05) is 6.61 Å². The third-order valence-corrected chi connectivity index (χ3v) is 10.5. The van der Waals surface area contributed by atoms with Crippen molar-refractivity contribution >= 4 is 30.6 Å². The van der Waals surface area contributed by atoms with Crippen molar-refractivity contribution in [3.63, 3.8) is 0 Å². The Hall–Kier alpha value is -2.48. The van der Waals surface area contributed by atoms with Crippen LogP contribution in [0.2, 0.25) is 5.04 Å². The van der Waals surface area contributed by atoms with Crippen molar-refractivity contribution in [1.82, 2.24) is 0 Å². The highest BCUT2D eigenvalue weighted by Gasteiger charge is 2.49. The van der Waals surface area contributed by atoms with Crippen molar-refractivity contribution in [2.24, 2.45) is 0 Å². The quantitative estimate of drug-likeness (QED) is 0.317. The molecule has 2 rings (SSSR count). The lowest BCUT2D eigenvalue weighted by Crippen LogP contribution is -2.66. The number of esters is 2. The number of benzene rings is 2. The smallest absolute Gasteiger partial charge is 0.347 e. The molecule has 2 aromatic carbocycles. The minimum absolute atomic E-state index is 0.110. The summed E-state index contributed by atoms with van der Waals surface area (Å²) < 4.78 is 16.5. The van der Waals surface area contributed by atoms with Gasteiger partial charge in [-0.15, -0.1) is 0 Å². The number of aliphatic hydroxyl groups is 1. The molecule has 0 aliphatic rings. The van der Waals surface area contributed by atoms with Gasteiger partial charge in [0.25, 0.3) is 8.32 Å². The lowest BCUT2D eigenvalue weighted by atomic mass is 10.1. The maximum absolute atomic E-state index is 11.9. The van der Waals surface area contributed by atoms with Gasteiger partial charge in [-0.2, -0.15) is 0 Å². The van der Waals surface area contributed by atoms with Gasteiger partial charge in [-0.1, -0.05) is 81.4 Å². The van der Waals surface area contributed by atoms with Crippen molar-refractivity contribution in [2.45, 2.75) is 51.2 Å². The molecule has 0 saturated carbocycles. The second-order valence-corrected chi connectivity index (χ2v) is 13.0. The van der Waals surface area contributed by atoms with Crippen LogP contribution >= 0.6 is 0 Å². The van der Waals surface area contributed by atoms with Crippen molar-refractivity contribution in [2.75, 3.05) is 20.3 Å². The number of hydrogen-bond acceptors (Lipinski definition) is 6. The lowest BCUT2D eigenvalue weighted by molar-refractivity contribution is -0.168. The summed E-state index contributed by atoms with van der Waals surface area (Å²) in [7, 11) is -1.35. The van der Waals surface area contributed by atoms with Crippen LogP contribution < -0.4 is 10.4 Å². The van der Waals surface area contributed by atoms with E-state index in [1.165, 1.54) is 17.5 Å². The van der Waals surface area contributed by atoms with Gasteiger partial charge in [-0.25, -0.2) is 9.59 Å². The molecule has 0 saturated heterocycles. The van der Waals surface area contributed by atoms with Gasteiger partial charge in [-0.3, -0.25) is 0 Å². The van der Waals surface area contributed by atoms with E-state index in [-0.39, 0.29) is 5.04 Å². The van der Waals surface area contributed by atoms with Crippen molar-refractivity contribution in [3.8, 4) is 0 Å². The lowest BCUT2D eigenvalue weighted by Gasteiger charge is -2.43. The summed E-state index contributed by atoms with van der Waals surface area (Å²) in [4.78, 5) is 23.3. The number of unbranched alkanes of at least 4 members (excludes halogenated alkanes) is 1. The van der Waals surface area contributed by atoms with E-state index in [1.54, 1.807) is 0 Å². The molecule has 7 heteroatoms. The number of methoxy groups -OCH3 is 1. The third kappa shape index (κ3) is 6.28. The Balaban J connectivity index is 2.16. The summed E-state index contributed by atoms with van der Waals surface area (Å²) in [5, 5.41) is 11.2. The van der Waals surface area contributed by atoms with Crippen LogP contribution in [0.3, 0.4) is 0 Å². The number of hydrogen-bond donors (Lipinski definition) is 1. The zero-order chi connectivity index (χ0) is 23.6. The average Bonchev–Trinajstić information content (AvgIpc) is 2.80. The van der Waals surface area contributed by atoms with Gasteiger partial charge >= 0.3 is 11.9 Å². The molecule has 0 spiro atoms. The Morgan fingerprint density at radius 2 is 1.47 bits per heavy atom. The van der Waals surface area contributed by atoms with E-state index in [0.29, 0.717) is 25.9 Å². The fourth-order valence-corrected chi connectivity index (χ4v) is 8.58. The van der Waals surface area contributed by atoms with E-state index in [1.807, 2.05) is 36.4 Å². The Labute approximate surface area is 191 Å². The van der Waals surface area contributed by atoms with E-state index in [2.05, 4.69) is 45.0 Å². The highest BCUT2D eigenvalue weighted by Crippen LogP contribution is 2.36. The summed E-state index contributed by atoms with van der Waals surface area (Å²) in [6, 6.07) is 20.8. The topological polar surface area (TPSA) is 82.1 Å². The predicted octanol–water partition coefficient (Wildman–Crippen LogP) is 2.81. The Kier molecular flexibility index (Phi) is 9.62. The first kappa shape index (κ1) is 25.8. The molecule has 1 N–H and O–H groups in total. The second kappa shape index (κ2) is 11.9. The largest absolute Gasteiger partial charge is 0.466 e. The third-order valence-electron chi connectivity index (χ3n) is 5.46. The van der Waals surface area contributed by atoms with E-state index in [0.717, 1.165) is 0 Å². The minimum atomic E-state index is -2.60. The first-order valence-corrected chi connectivity index (χ1v) is 12.8. The van der Waals surface area contributed by atoms with Crippen LogP contribution in [0.1, 0.15) is 40.0 Å². The van der Waals surface area contributed by atoms with E-state index in [9.17, 15) is 9.59 Å². The summed E-state index contributed by atoms with van der Waals surface area (Å²) in [5.41, 5.74) is 0. The predicted molar refractivity (Wildman–Crippen MR) is 126 cm³/mol. The molecule has 0 unspecified atom stereocenters. The Bertz CT molecular complexity index is 808. The maximum atomic E-state index is 11.9. The van der Waals surface area contributed by atoms with Gasteiger partial charge in [0.1, 0.15) is 6.61 Å². The summed E-state index contributed by atoms with van der Waals surface area (Å²) >= 11 is 0. The van der Waals surface area contributed by atoms with Crippen molar-refractivity contribution in [3.05, 3.63) is 60.7 Å². The molecule has 0 bridgehead atoms. The molecule has 0 amide bonds. The molecule has 0 heterocycles. The molecule has 0 aliphatic carbocycles. The van der Waals surface area contributed by atoms with Crippen LogP contribution in [-0.4, -0.2) is 51.8 Å². The van der Waals surface area contributed by atoms with Gasteiger partial charge in [0.05, 0.1) is 7.11 Å². The minimum Gasteiger partial charge on any atom is -0.466 e. The fraction of sp³-hybridized carbons (Fsp3) is 0.440. The number of rotatable bonds is 11. The highest BCUT2D eigenvalue weighted by molar-refractivity contribution is 6.99. The van der Waals surface area contributed by atoms with E-state index in [4.69, 9.17) is 19.0 Å². The number of ether oxygens (including phenoxy) is 2. The van der Waals surface area contributed by atoms with E-state index >= 15 is 0 Å². The van der Waals surface area contributed by atoms with Crippen LogP contribution in [0.15, 0.2) is 60.7 Å². The first-order valence-electron chi connectivity index (χ1n) is 10.9. The second-order valence-electron chi connectivity index (χ2n) is 8.67. The number of carbonyl (C=O) groups is 2. The highest BCUT2D eigenvalue weighted by atomic mass is 28.4. The van der Waals surface area contributed by atoms with Crippen LogP contribution in [0.5, 0.6) is 0 Å². The summed E-state index contributed by atoms with van der Waals surface area (Å²) in [6.07, 6.45) is 0.584. The molecule has 32 heavy (non-hydrogen) atoms. The van der Waals surface area contributed by atoms with Gasteiger partial charge < -0.3 is 19.0 Å². The Morgan fingerprint density at radius 3 is 1.91 bits per heavy atom. The van der Waals surface area contributed by atoms with Crippen LogP contribution in [-0.2, 0) is 23.5 Å². The van der Waals surface area contributed by atoms with Gasteiger partial charge in [-0.05, 0) is 34.7 Å². The molecule has 0 radical (unpaired) electrons. The fourth-order valence-electron chi connectivity index (χ4n) is 3.97. The molecule has 174 valence electrons. The summed E-state index contributed by atoms with van der Waals surface area (Å²) in [5.74, 6) is -1.47. The van der Waals surface area contributed by atoms with Crippen LogP contribution in [0, 0.1) is 0 Å². The molecule has 2 aromatic rings.